The molecule has 0 unspecified atom stereocenters. The van der Waals surface area contributed by atoms with Gasteiger partial charge in [-0.1, -0.05) is 25.8 Å². The minimum Gasteiger partial charge on any atom is -0.496 e. The highest BCUT2D eigenvalue weighted by atomic mass is 16.7. The molecule has 2 saturated heterocycles. The van der Waals surface area contributed by atoms with E-state index in [9.17, 15) is 24.3 Å². The Labute approximate surface area is 285 Å². The summed E-state index contributed by atoms with van der Waals surface area (Å²) in [4.78, 5) is 66.0. The predicted molar refractivity (Wildman–Crippen MR) is 181 cm³/mol. The lowest BCUT2D eigenvalue weighted by molar-refractivity contribution is -0.197. The first-order chi connectivity index (χ1) is 23.7. The molecule has 15 nitrogen and oxygen atoms in total. The number of benzene rings is 1. The van der Waals surface area contributed by atoms with Crippen LogP contribution in [0.15, 0.2) is 30.5 Å². The number of rotatable bonds is 16. The van der Waals surface area contributed by atoms with E-state index >= 15 is 0 Å². The SMILES string of the molecule is CCCC[C@@H](CO)Nc1nc(N)nc2ccn(Cc3cc(CN4CCN(C(=O)CCCC(=O)ON5C(=O)CCC5=O)CC4)ccc3OC)c12. The number of amides is 3. The largest absolute Gasteiger partial charge is 0.496 e. The maximum atomic E-state index is 12.8. The van der Waals surface area contributed by atoms with Gasteiger partial charge in [0.05, 0.1) is 31.8 Å². The number of nitrogen functional groups attached to an aromatic ring is 1. The van der Waals surface area contributed by atoms with E-state index in [2.05, 4.69) is 37.7 Å². The monoisotopic (exact) mass is 678 g/mol. The molecule has 15 heteroatoms. The number of aromatic nitrogens is 3. The van der Waals surface area contributed by atoms with Crippen LogP contribution in [0.4, 0.5) is 11.8 Å². The van der Waals surface area contributed by atoms with Gasteiger partial charge in [0.25, 0.3) is 11.8 Å². The summed E-state index contributed by atoms with van der Waals surface area (Å²) < 4.78 is 7.78. The Morgan fingerprint density at radius 2 is 1.78 bits per heavy atom. The Morgan fingerprint density at radius 1 is 1.02 bits per heavy atom. The van der Waals surface area contributed by atoms with Crippen LogP contribution < -0.4 is 15.8 Å². The molecular weight excluding hydrogens is 632 g/mol. The van der Waals surface area contributed by atoms with Gasteiger partial charge in [-0.3, -0.25) is 19.3 Å². The quantitative estimate of drug-likeness (QED) is 0.188. The summed E-state index contributed by atoms with van der Waals surface area (Å²) >= 11 is 0. The molecule has 2 aliphatic rings. The number of piperazine rings is 1. The zero-order valence-corrected chi connectivity index (χ0v) is 28.2. The molecule has 264 valence electrons. The second kappa shape index (κ2) is 16.6. The molecule has 0 saturated carbocycles. The number of hydrogen-bond donors (Lipinski definition) is 3. The van der Waals surface area contributed by atoms with Crippen molar-refractivity contribution in [2.24, 2.45) is 0 Å². The average molecular weight is 679 g/mol. The van der Waals surface area contributed by atoms with Crippen LogP contribution in [0.2, 0.25) is 0 Å². The number of nitrogens with one attached hydrogen (secondary N) is 1. The highest BCUT2D eigenvalue weighted by Crippen LogP contribution is 2.28. The molecule has 1 atom stereocenters. The average Bonchev–Trinajstić information content (AvgIpc) is 3.64. The zero-order valence-electron chi connectivity index (χ0n) is 28.2. The summed E-state index contributed by atoms with van der Waals surface area (Å²) in [5.41, 5.74) is 9.63. The number of carbonyl (C=O) groups is 4. The van der Waals surface area contributed by atoms with Gasteiger partial charge < -0.3 is 35.2 Å². The lowest BCUT2D eigenvalue weighted by atomic mass is 10.1. The number of fused-ring (bicyclic) bond motifs is 1. The number of hydrogen-bond acceptors (Lipinski definition) is 12. The first-order valence-corrected chi connectivity index (χ1v) is 16.9. The molecule has 2 aromatic heterocycles. The van der Waals surface area contributed by atoms with Gasteiger partial charge in [0.2, 0.25) is 11.9 Å². The summed E-state index contributed by atoms with van der Waals surface area (Å²) in [5.74, 6) is -0.279. The molecule has 5 rings (SSSR count). The number of carbonyl (C=O) groups excluding carboxylic acids is 4. The van der Waals surface area contributed by atoms with Crippen LogP contribution in [-0.4, -0.2) is 104 Å². The number of methoxy groups -OCH3 is 1. The van der Waals surface area contributed by atoms with Crippen LogP contribution >= 0.6 is 0 Å². The van der Waals surface area contributed by atoms with Crippen molar-refractivity contribution in [3.63, 3.8) is 0 Å². The number of nitrogens with zero attached hydrogens (tertiary/aromatic N) is 6. The number of imide groups is 1. The molecule has 1 aromatic carbocycles. The predicted octanol–water partition coefficient (Wildman–Crippen LogP) is 2.46. The maximum absolute atomic E-state index is 12.8. The fourth-order valence-electron chi connectivity index (χ4n) is 6.21. The summed E-state index contributed by atoms with van der Waals surface area (Å²) in [6.07, 6.45) is 5.24. The summed E-state index contributed by atoms with van der Waals surface area (Å²) in [5, 5.41) is 13.9. The summed E-state index contributed by atoms with van der Waals surface area (Å²) in [6, 6.07) is 7.90. The lowest BCUT2D eigenvalue weighted by Crippen LogP contribution is -2.48. The molecule has 0 spiro atoms. The molecule has 2 aliphatic heterocycles. The van der Waals surface area contributed by atoms with E-state index in [1.54, 1.807) is 12.0 Å². The minimum atomic E-state index is -0.696. The van der Waals surface area contributed by atoms with Gasteiger partial charge in [-0.05, 0) is 36.6 Å². The minimum absolute atomic E-state index is 0.0199. The van der Waals surface area contributed by atoms with Crippen molar-refractivity contribution in [1.29, 1.82) is 0 Å². The van der Waals surface area contributed by atoms with Gasteiger partial charge in [-0.2, -0.15) is 4.98 Å². The Bertz CT molecular complexity index is 1640. The highest BCUT2D eigenvalue weighted by Gasteiger charge is 2.33. The third kappa shape index (κ3) is 9.03. The maximum Gasteiger partial charge on any atom is 0.333 e. The van der Waals surface area contributed by atoms with E-state index < -0.39 is 17.8 Å². The number of hydroxylamine groups is 2. The van der Waals surface area contributed by atoms with Crippen molar-refractivity contribution in [2.75, 3.05) is 50.9 Å². The van der Waals surface area contributed by atoms with E-state index in [0.717, 1.165) is 41.7 Å². The molecule has 0 radical (unpaired) electrons. The highest BCUT2D eigenvalue weighted by molar-refractivity contribution is 6.01. The van der Waals surface area contributed by atoms with Gasteiger partial charge >= 0.3 is 5.97 Å². The van der Waals surface area contributed by atoms with E-state index in [1.807, 2.05) is 24.4 Å². The van der Waals surface area contributed by atoms with Crippen LogP contribution in [0.5, 0.6) is 5.75 Å². The topological polar surface area (TPSA) is 185 Å². The van der Waals surface area contributed by atoms with Crippen molar-refractivity contribution in [1.82, 2.24) is 29.4 Å². The fourth-order valence-corrected chi connectivity index (χ4v) is 6.21. The van der Waals surface area contributed by atoms with Crippen LogP contribution in [0.25, 0.3) is 11.0 Å². The van der Waals surface area contributed by atoms with E-state index in [4.69, 9.17) is 15.3 Å². The molecular formula is C34H46N8O7. The van der Waals surface area contributed by atoms with Crippen LogP contribution in [0.3, 0.4) is 0 Å². The van der Waals surface area contributed by atoms with Crippen molar-refractivity contribution in [3.05, 3.63) is 41.6 Å². The summed E-state index contributed by atoms with van der Waals surface area (Å²) in [7, 11) is 1.65. The van der Waals surface area contributed by atoms with E-state index in [-0.39, 0.29) is 56.6 Å². The fraction of sp³-hybridized carbons (Fsp3) is 0.529. The Kier molecular flexibility index (Phi) is 12.0. The first kappa shape index (κ1) is 35.5. The molecule has 0 aliphatic carbocycles. The normalized spacial score (nSPS) is 16.0. The smallest absolute Gasteiger partial charge is 0.333 e. The lowest BCUT2D eigenvalue weighted by Gasteiger charge is -2.35. The second-order valence-electron chi connectivity index (χ2n) is 12.5. The van der Waals surface area contributed by atoms with Gasteiger partial charge in [-0.15, -0.1) is 5.06 Å². The Balaban J connectivity index is 1.16. The van der Waals surface area contributed by atoms with E-state index in [0.29, 0.717) is 55.7 Å². The number of nitrogens with two attached hydrogens (primary N) is 1. The van der Waals surface area contributed by atoms with Crippen molar-refractivity contribution in [3.8, 4) is 5.75 Å². The zero-order chi connectivity index (χ0) is 34.9. The molecule has 0 bridgehead atoms. The number of unbranched alkanes of at least 4 members (excludes halogenated alkanes) is 1. The molecule has 4 heterocycles. The van der Waals surface area contributed by atoms with Crippen molar-refractivity contribution >= 4 is 46.5 Å². The van der Waals surface area contributed by atoms with E-state index in [1.165, 1.54) is 0 Å². The van der Waals surface area contributed by atoms with Crippen molar-refractivity contribution in [2.45, 2.75) is 77.4 Å². The first-order valence-electron chi connectivity index (χ1n) is 16.9. The van der Waals surface area contributed by atoms with Crippen LogP contribution in [-0.2, 0) is 37.1 Å². The van der Waals surface area contributed by atoms with Gasteiger partial charge in [0, 0.05) is 70.2 Å². The number of aliphatic hydroxyl groups excluding tert-OH is 1. The molecule has 2 fully saturated rings. The number of anilines is 2. The molecule has 3 aromatic rings. The second-order valence-corrected chi connectivity index (χ2v) is 12.5. The third-order valence-corrected chi connectivity index (χ3v) is 8.88. The summed E-state index contributed by atoms with van der Waals surface area (Å²) in [6.45, 7) is 5.85. The standard InChI is InChI=1S/C34H46N8O7/c1-3-4-6-25(22-43)36-33-32-26(37-34(35)38-33)13-14-41(32)21-24-19-23(9-10-27(24)48-2)20-39-15-17-40(18-16-39)28(44)7-5-8-31(47)49-42-29(45)11-12-30(42)46/h9-10,13-14,19,25,43H,3-8,11-12,15-18,20-22H2,1-2H3,(H3,35,36,37,38)/t25-/m0/s1. The molecule has 49 heavy (non-hydrogen) atoms. The van der Waals surface area contributed by atoms with Gasteiger partial charge in [0.15, 0.2) is 5.82 Å². The molecule has 3 amide bonds. The van der Waals surface area contributed by atoms with Gasteiger partial charge in [0.1, 0.15) is 11.3 Å². The number of aliphatic hydroxyl groups is 1. The Hall–Kier alpha value is -4.76. The third-order valence-electron chi connectivity index (χ3n) is 8.88. The number of ether oxygens (including phenoxy) is 1. The Morgan fingerprint density at radius 3 is 2.47 bits per heavy atom. The molecule has 4 N–H and O–H groups in total. The van der Waals surface area contributed by atoms with Crippen molar-refractivity contribution < 1.29 is 33.9 Å². The van der Waals surface area contributed by atoms with Crippen LogP contribution in [0.1, 0.15) is 69.4 Å². The van der Waals surface area contributed by atoms with Crippen LogP contribution in [0, 0.1) is 0 Å². The van der Waals surface area contributed by atoms with Gasteiger partial charge in [-0.25, -0.2) is 9.78 Å².